The number of nitrogens with one attached hydrogen (secondary N) is 1. The van der Waals surface area contributed by atoms with Crippen LogP contribution in [0.2, 0.25) is 0 Å². The largest absolute Gasteiger partial charge is 0.473 e. The van der Waals surface area contributed by atoms with E-state index in [9.17, 15) is 23.2 Å². The minimum Gasteiger partial charge on any atom is -0.473 e. The molecule has 0 radical (unpaired) electrons. The van der Waals surface area contributed by atoms with Crippen molar-refractivity contribution < 1.29 is 23.0 Å². The Kier molecular flexibility index (Phi) is 5.44. The van der Waals surface area contributed by atoms with Gasteiger partial charge in [-0.15, -0.1) is 0 Å². The lowest BCUT2D eigenvalue weighted by Gasteiger charge is -2.17. The third-order valence-electron chi connectivity index (χ3n) is 4.58. The minimum atomic E-state index is -1.10. The Bertz CT molecular complexity index is 1300. The van der Waals surface area contributed by atoms with Gasteiger partial charge in [0.05, 0.1) is 12.1 Å². The SMILES string of the molecule is O=C(OCc1ccncc1)C1=Cc2c([nH]c(=O)n(Cc3ccc(F)c(F)c3)c2=O)OC1. The van der Waals surface area contributed by atoms with Crippen molar-refractivity contribution in [3.8, 4) is 5.88 Å². The molecule has 3 heterocycles. The van der Waals surface area contributed by atoms with E-state index in [0.29, 0.717) is 0 Å². The monoisotopic (exact) mass is 427 g/mol. The molecule has 0 amide bonds. The number of carbonyl (C=O) groups is 1. The van der Waals surface area contributed by atoms with E-state index in [1.807, 2.05) is 0 Å². The fourth-order valence-corrected chi connectivity index (χ4v) is 2.98. The van der Waals surface area contributed by atoms with Gasteiger partial charge in [0.15, 0.2) is 11.6 Å². The van der Waals surface area contributed by atoms with E-state index >= 15 is 0 Å². The normalized spacial score (nSPS) is 12.5. The molecule has 0 saturated heterocycles. The number of hydrogen-bond donors (Lipinski definition) is 1. The Labute approximate surface area is 173 Å². The Hall–Kier alpha value is -4.08. The van der Waals surface area contributed by atoms with Crippen LogP contribution < -0.4 is 16.0 Å². The van der Waals surface area contributed by atoms with Crippen LogP contribution in [-0.4, -0.2) is 27.1 Å². The van der Waals surface area contributed by atoms with Gasteiger partial charge < -0.3 is 9.47 Å². The number of pyridine rings is 1. The van der Waals surface area contributed by atoms with Crippen LogP contribution in [0.15, 0.2) is 57.9 Å². The molecule has 0 atom stereocenters. The first kappa shape index (κ1) is 20.2. The molecule has 10 heteroatoms. The molecule has 1 aliphatic rings. The Morgan fingerprint density at radius 2 is 1.90 bits per heavy atom. The zero-order valence-electron chi connectivity index (χ0n) is 15.9. The van der Waals surface area contributed by atoms with Gasteiger partial charge in [-0.25, -0.2) is 18.4 Å². The molecule has 1 aliphatic heterocycles. The van der Waals surface area contributed by atoms with Crippen LogP contribution in [0.25, 0.3) is 6.08 Å². The van der Waals surface area contributed by atoms with Gasteiger partial charge >= 0.3 is 11.7 Å². The van der Waals surface area contributed by atoms with Crippen molar-refractivity contribution in [1.82, 2.24) is 14.5 Å². The number of ether oxygens (including phenoxy) is 2. The summed E-state index contributed by atoms with van der Waals surface area (Å²) in [6, 6.07) is 6.45. The number of nitrogens with zero attached hydrogens (tertiary/aromatic N) is 2. The van der Waals surface area contributed by atoms with Gasteiger partial charge in [0.2, 0.25) is 5.88 Å². The molecule has 4 rings (SSSR count). The maximum absolute atomic E-state index is 13.5. The molecule has 2 aromatic heterocycles. The first-order valence-electron chi connectivity index (χ1n) is 9.13. The molecule has 0 fully saturated rings. The van der Waals surface area contributed by atoms with Crippen molar-refractivity contribution in [1.29, 1.82) is 0 Å². The van der Waals surface area contributed by atoms with E-state index < -0.39 is 28.9 Å². The molecule has 0 bridgehead atoms. The fraction of sp³-hybridized carbons (Fsp3) is 0.143. The topological polar surface area (TPSA) is 103 Å². The number of H-pyrrole nitrogens is 1. The van der Waals surface area contributed by atoms with Gasteiger partial charge in [0, 0.05) is 12.4 Å². The van der Waals surface area contributed by atoms with Gasteiger partial charge in [-0.1, -0.05) is 6.07 Å². The molecule has 31 heavy (non-hydrogen) atoms. The number of halogens is 2. The van der Waals surface area contributed by atoms with Crippen LogP contribution in [-0.2, 0) is 22.7 Å². The number of benzene rings is 1. The number of rotatable bonds is 5. The predicted molar refractivity (Wildman–Crippen MR) is 104 cm³/mol. The zero-order chi connectivity index (χ0) is 22.0. The van der Waals surface area contributed by atoms with Crippen LogP contribution in [0, 0.1) is 11.6 Å². The van der Waals surface area contributed by atoms with Crippen LogP contribution in [0.1, 0.15) is 16.7 Å². The second-order valence-corrected chi connectivity index (χ2v) is 6.70. The van der Waals surface area contributed by atoms with E-state index in [1.54, 1.807) is 24.5 Å². The van der Waals surface area contributed by atoms with E-state index in [4.69, 9.17) is 9.47 Å². The van der Waals surface area contributed by atoms with Gasteiger partial charge in [0.25, 0.3) is 5.56 Å². The van der Waals surface area contributed by atoms with Gasteiger partial charge in [-0.05, 0) is 41.5 Å². The molecule has 3 aromatic rings. The third kappa shape index (κ3) is 4.27. The van der Waals surface area contributed by atoms with Crippen LogP contribution in [0.4, 0.5) is 8.78 Å². The number of aromatic amines is 1. The molecular weight excluding hydrogens is 412 g/mol. The molecule has 1 N–H and O–H groups in total. The number of hydrogen-bond acceptors (Lipinski definition) is 6. The van der Waals surface area contributed by atoms with E-state index in [0.717, 1.165) is 22.3 Å². The summed E-state index contributed by atoms with van der Waals surface area (Å²) in [6.45, 7) is -0.476. The lowest BCUT2D eigenvalue weighted by molar-refractivity contribution is -0.140. The average Bonchev–Trinajstić information content (AvgIpc) is 2.78. The molecule has 0 aliphatic carbocycles. The van der Waals surface area contributed by atoms with E-state index in [-0.39, 0.29) is 42.3 Å². The highest BCUT2D eigenvalue weighted by atomic mass is 19.2. The van der Waals surface area contributed by atoms with Crippen LogP contribution in [0.5, 0.6) is 5.88 Å². The summed E-state index contributed by atoms with van der Waals surface area (Å²) in [5, 5.41) is 0. The Morgan fingerprint density at radius 3 is 2.65 bits per heavy atom. The quantitative estimate of drug-likeness (QED) is 0.623. The molecule has 158 valence electrons. The first-order valence-corrected chi connectivity index (χ1v) is 9.13. The Balaban J connectivity index is 1.60. The van der Waals surface area contributed by atoms with Gasteiger partial charge in [0.1, 0.15) is 18.8 Å². The van der Waals surface area contributed by atoms with E-state index in [1.165, 1.54) is 12.1 Å². The van der Waals surface area contributed by atoms with Gasteiger partial charge in [-0.2, -0.15) is 0 Å². The summed E-state index contributed by atoms with van der Waals surface area (Å²) in [7, 11) is 0. The molecule has 0 unspecified atom stereocenters. The number of fused-ring (bicyclic) bond motifs is 1. The Morgan fingerprint density at radius 1 is 1.13 bits per heavy atom. The number of esters is 1. The highest BCUT2D eigenvalue weighted by molar-refractivity contribution is 5.94. The van der Waals surface area contributed by atoms with Crippen molar-refractivity contribution in [3.63, 3.8) is 0 Å². The number of carbonyl (C=O) groups excluding carboxylic acids is 1. The summed E-state index contributed by atoms with van der Waals surface area (Å²) in [5.74, 6) is -2.90. The smallest absolute Gasteiger partial charge is 0.337 e. The predicted octanol–water partition coefficient (Wildman–Crippen LogP) is 1.78. The second kappa shape index (κ2) is 8.34. The minimum absolute atomic E-state index is 0.0114. The lowest BCUT2D eigenvalue weighted by Crippen LogP contribution is -2.38. The second-order valence-electron chi connectivity index (χ2n) is 6.70. The summed E-state index contributed by atoms with van der Waals surface area (Å²) < 4.78 is 38.0. The van der Waals surface area contributed by atoms with E-state index in [2.05, 4.69) is 9.97 Å². The third-order valence-corrected chi connectivity index (χ3v) is 4.58. The highest BCUT2D eigenvalue weighted by Crippen LogP contribution is 2.21. The molecule has 8 nitrogen and oxygen atoms in total. The molecule has 0 saturated carbocycles. The summed E-state index contributed by atoms with van der Waals surface area (Å²) >= 11 is 0. The van der Waals surface area contributed by atoms with Crippen LogP contribution >= 0.6 is 0 Å². The summed E-state index contributed by atoms with van der Waals surface area (Å²) in [6.07, 6.45) is 4.41. The molecular formula is C21H15F2N3O5. The van der Waals surface area contributed by atoms with Crippen molar-refractivity contribution in [2.45, 2.75) is 13.2 Å². The van der Waals surface area contributed by atoms with Crippen molar-refractivity contribution >= 4 is 12.0 Å². The standard InChI is InChI=1S/C21H15F2N3O5/c22-16-2-1-13(7-17(16)23)9-26-19(27)15-8-14(11-30-18(15)25-21(26)29)20(28)31-10-12-3-5-24-6-4-12/h1-8H,9-11H2,(H,25,29). The van der Waals surface area contributed by atoms with Crippen LogP contribution in [0.3, 0.4) is 0 Å². The highest BCUT2D eigenvalue weighted by Gasteiger charge is 2.23. The first-order chi connectivity index (χ1) is 14.9. The summed E-state index contributed by atoms with van der Waals surface area (Å²) in [5.41, 5.74) is -0.550. The fourth-order valence-electron chi connectivity index (χ4n) is 2.98. The maximum Gasteiger partial charge on any atom is 0.337 e. The van der Waals surface area contributed by atoms with Crippen molar-refractivity contribution in [2.75, 3.05) is 6.61 Å². The summed E-state index contributed by atoms with van der Waals surface area (Å²) in [4.78, 5) is 43.8. The average molecular weight is 427 g/mol. The molecule has 1 aromatic carbocycles. The number of aromatic nitrogens is 3. The zero-order valence-corrected chi connectivity index (χ0v) is 15.9. The van der Waals surface area contributed by atoms with Gasteiger partial charge in [-0.3, -0.25) is 19.3 Å². The van der Waals surface area contributed by atoms with Crippen molar-refractivity contribution in [3.05, 3.63) is 97.5 Å². The maximum atomic E-state index is 13.5. The van der Waals surface area contributed by atoms with Crippen molar-refractivity contribution in [2.24, 2.45) is 0 Å². The lowest BCUT2D eigenvalue weighted by atomic mass is 10.1. The molecule has 0 spiro atoms.